The third kappa shape index (κ3) is 7.22. The zero-order chi connectivity index (χ0) is 35.2. The fourth-order valence-electron chi connectivity index (χ4n) is 8.29. The van der Waals surface area contributed by atoms with Gasteiger partial charge in [-0.2, -0.15) is 0 Å². The van der Waals surface area contributed by atoms with Crippen LogP contribution >= 0.6 is 0 Å². The third-order valence-electron chi connectivity index (χ3n) is 11.0. The van der Waals surface area contributed by atoms with Crippen molar-refractivity contribution in [3.8, 4) is 11.5 Å². The van der Waals surface area contributed by atoms with E-state index in [1.807, 2.05) is 6.07 Å². The largest absolute Gasteiger partial charge is 0.478 e. The monoisotopic (exact) mass is 676 g/mol. The van der Waals surface area contributed by atoms with Crippen LogP contribution < -0.4 is 25.4 Å². The van der Waals surface area contributed by atoms with Crippen LogP contribution in [-0.4, -0.2) is 36.6 Å². The summed E-state index contributed by atoms with van der Waals surface area (Å²) in [5, 5.41) is 15.7. The molecule has 0 spiro atoms. The molecule has 3 heterocycles. The van der Waals surface area contributed by atoms with Gasteiger partial charge in [0.05, 0.1) is 5.56 Å². The van der Waals surface area contributed by atoms with Crippen LogP contribution in [0, 0.1) is 0 Å². The molecule has 0 aromatic heterocycles. The second-order valence-corrected chi connectivity index (χ2v) is 14.6. The first-order valence-electron chi connectivity index (χ1n) is 19.5. The highest BCUT2D eigenvalue weighted by atomic mass is 16.5. The molecule has 3 aromatic rings. The summed E-state index contributed by atoms with van der Waals surface area (Å²) in [4.78, 5) is 29.2. The van der Waals surface area contributed by atoms with E-state index in [1.54, 1.807) is 12.1 Å². The van der Waals surface area contributed by atoms with Gasteiger partial charge in [0.1, 0.15) is 11.5 Å². The Kier molecular flexibility index (Phi) is 11.7. The molecule has 3 aromatic carbocycles. The number of unbranched alkanes of at least 4 members (excludes halogenated alkanes) is 6. The van der Waals surface area contributed by atoms with Gasteiger partial charge in [-0.05, 0) is 116 Å². The van der Waals surface area contributed by atoms with Crippen molar-refractivity contribution in [1.82, 2.24) is 5.32 Å². The average molecular weight is 677 g/mol. The summed E-state index contributed by atoms with van der Waals surface area (Å²) in [7, 11) is 0. The van der Waals surface area contributed by atoms with Gasteiger partial charge < -0.3 is 20.1 Å². The Morgan fingerprint density at radius 3 is 2.40 bits per heavy atom. The highest BCUT2D eigenvalue weighted by Gasteiger charge is 2.34. The first-order valence-corrected chi connectivity index (χ1v) is 19.5. The summed E-state index contributed by atoms with van der Waals surface area (Å²) in [6.45, 7) is 14.0. The molecule has 0 atom stereocenters. The highest BCUT2D eigenvalue weighted by Crippen LogP contribution is 2.48. The number of anilines is 1. The number of carboxylic acid groups (broad SMARTS) is 1. The highest BCUT2D eigenvalue weighted by molar-refractivity contribution is 6.02. The van der Waals surface area contributed by atoms with Gasteiger partial charge in [0.2, 0.25) is 0 Å². The Morgan fingerprint density at radius 2 is 1.62 bits per heavy atom. The predicted molar refractivity (Wildman–Crippen MR) is 205 cm³/mol. The lowest BCUT2D eigenvalue weighted by Crippen LogP contribution is -2.32. The molecule has 6 nitrogen and oxygen atoms in total. The molecule has 50 heavy (non-hydrogen) atoms. The minimum atomic E-state index is -1.00. The van der Waals surface area contributed by atoms with Crippen molar-refractivity contribution in [3.63, 3.8) is 0 Å². The van der Waals surface area contributed by atoms with E-state index in [1.165, 1.54) is 22.4 Å². The molecule has 2 N–H and O–H groups in total. The molecule has 0 unspecified atom stereocenters. The molecule has 266 valence electrons. The number of hydrogen-bond acceptors (Lipinski definition) is 4. The van der Waals surface area contributed by atoms with E-state index < -0.39 is 5.97 Å². The number of carboxylic acids is 1. The Balaban J connectivity index is 1.64. The molecule has 0 bridgehead atoms. The van der Waals surface area contributed by atoms with Gasteiger partial charge in [0.25, 0.3) is 5.91 Å². The molecule has 0 saturated heterocycles. The number of rotatable bonds is 15. The fraction of sp³-hybridized carbons (Fsp3) is 0.500. The molecule has 1 amide bonds. The predicted octanol–water partition coefficient (Wildman–Crippen LogP) is 8.62. The molecule has 0 radical (unpaired) electrons. The van der Waals surface area contributed by atoms with E-state index in [9.17, 15) is 14.7 Å². The molecule has 6 heteroatoms. The summed E-state index contributed by atoms with van der Waals surface area (Å²) >= 11 is 0. The van der Waals surface area contributed by atoms with Gasteiger partial charge in [-0.3, -0.25) is 4.79 Å². The summed E-state index contributed by atoms with van der Waals surface area (Å²) in [5.41, 5.74) is 9.29. The van der Waals surface area contributed by atoms with E-state index in [4.69, 9.17) is 4.74 Å². The van der Waals surface area contributed by atoms with E-state index in [0.717, 1.165) is 154 Å². The van der Waals surface area contributed by atoms with Gasteiger partial charge in [-0.15, -0.1) is 0 Å². The Bertz CT molecular complexity index is 1860. The molecular formula is C44H56N2O4. The number of carbonyl (C=O) groups excluding carboxylic acids is 1. The standard InChI is InChI=1S/C44H56N2O4/c1-5-8-11-14-23-45-43(47)32-21-22-34(44(48)49)36(28-32)39-37-26-30(17-12-9-6-2)29(4)33(19-10-7-3)41(37)50-42-35-20-16-25-46-24-15-13-18-31(40(35)46)27-38(39)42/h21-22,26-28H,4-20,23-25H2,1-3H3,(H,45,47)(H,48,49). The van der Waals surface area contributed by atoms with E-state index >= 15 is 0 Å². The van der Waals surface area contributed by atoms with Crippen molar-refractivity contribution in [2.45, 2.75) is 124 Å². The second-order valence-electron chi connectivity index (χ2n) is 14.6. The van der Waals surface area contributed by atoms with Crippen molar-refractivity contribution in [2.75, 3.05) is 24.5 Å². The van der Waals surface area contributed by atoms with Gasteiger partial charge in [0.15, 0.2) is 0 Å². The maximum atomic E-state index is 13.6. The summed E-state index contributed by atoms with van der Waals surface area (Å²) < 4.78 is 7.18. The van der Waals surface area contributed by atoms with Crippen LogP contribution in [0.15, 0.2) is 30.3 Å². The maximum Gasteiger partial charge on any atom is 0.336 e. The first kappa shape index (κ1) is 35.8. The van der Waals surface area contributed by atoms with Crippen LogP contribution in [0.2, 0.25) is 0 Å². The van der Waals surface area contributed by atoms with Crippen molar-refractivity contribution >= 4 is 29.7 Å². The van der Waals surface area contributed by atoms with Gasteiger partial charge in [-0.1, -0.05) is 65.9 Å². The number of nitrogens with zero attached hydrogens (tertiary/aromatic N) is 1. The minimum Gasteiger partial charge on any atom is -0.478 e. The van der Waals surface area contributed by atoms with Crippen LogP contribution in [0.5, 0.6) is 11.5 Å². The van der Waals surface area contributed by atoms with E-state index in [-0.39, 0.29) is 11.5 Å². The topological polar surface area (TPSA) is 78.9 Å². The number of aromatic carboxylic acids is 1. The lowest BCUT2D eigenvalue weighted by atomic mass is 9.82. The molecule has 0 fully saturated rings. The van der Waals surface area contributed by atoms with Crippen LogP contribution in [0.25, 0.3) is 12.2 Å². The fourth-order valence-corrected chi connectivity index (χ4v) is 8.29. The molecule has 3 aliphatic rings. The quantitative estimate of drug-likeness (QED) is 0.123. The smallest absolute Gasteiger partial charge is 0.336 e. The van der Waals surface area contributed by atoms with Crippen LogP contribution in [0.4, 0.5) is 5.69 Å². The molecule has 0 saturated carbocycles. The van der Waals surface area contributed by atoms with Gasteiger partial charge in [0, 0.05) is 58.4 Å². The van der Waals surface area contributed by atoms with E-state index in [2.05, 4.69) is 49.7 Å². The minimum absolute atomic E-state index is 0.169. The summed E-state index contributed by atoms with van der Waals surface area (Å²) in [6, 6.07) is 9.63. The van der Waals surface area contributed by atoms with Gasteiger partial charge in [-0.25, -0.2) is 4.79 Å². The van der Waals surface area contributed by atoms with Crippen LogP contribution in [0.1, 0.15) is 152 Å². The Morgan fingerprint density at radius 1 is 0.840 bits per heavy atom. The summed E-state index contributed by atoms with van der Waals surface area (Å²) in [5.74, 6) is 0.501. The lowest BCUT2D eigenvalue weighted by molar-refractivity contribution is 0.0696. The van der Waals surface area contributed by atoms with Crippen molar-refractivity contribution in [1.29, 1.82) is 0 Å². The van der Waals surface area contributed by atoms with Crippen LogP contribution in [-0.2, 0) is 25.7 Å². The van der Waals surface area contributed by atoms with Crippen LogP contribution in [0.3, 0.4) is 0 Å². The number of hydrogen-bond donors (Lipinski definition) is 2. The molecule has 6 rings (SSSR count). The first-order chi connectivity index (χ1) is 24.4. The molecule has 3 aliphatic heterocycles. The number of carbonyl (C=O) groups is 2. The number of ether oxygens (including phenoxy) is 1. The Labute approximate surface area is 298 Å². The van der Waals surface area contributed by atoms with E-state index in [0.29, 0.717) is 17.7 Å². The maximum absolute atomic E-state index is 13.6. The number of benzene rings is 3. The Hall–Kier alpha value is -4.06. The molecule has 0 aliphatic carbocycles. The third-order valence-corrected chi connectivity index (χ3v) is 11.0. The average Bonchev–Trinajstić information content (AvgIpc) is 3.33. The lowest BCUT2D eigenvalue weighted by Gasteiger charge is -2.35. The SMILES string of the molecule is C=c1c(CCCCC)cc2c(c1CCCC)Oc1c(cc3c4c1CCCN4CCCC3)C=2c1cc(C(=O)NCCCCCC)ccc1C(=O)O. The molecular weight excluding hydrogens is 620 g/mol. The normalized spacial score (nSPS) is 14.7. The van der Waals surface area contributed by atoms with Crippen molar-refractivity contribution < 1.29 is 19.4 Å². The number of nitrogens with one attached hydrogen (secondary N) is 1. The zero-order valence-corrected chi connectivity index (χ0v) is 30.6. The number of amides is 1. The zero-order valence-electron chi connectivity index (χ0n) is 30.6. The van der Waals surface area contributed by atoms with Gasteiger partial charge >= 0.3 is 5.97 Å². The van der Waals surface area contributed by atoms with Crippen molar-refractivity contribution in [3.05, 3.63) is 85.3 Å². The number of fused-ring (bicyclic) bond motifs is 3. The second kappa shape index (κ2) is 16.3. The summed E-state index contributed by atoms with van der Waals surface area (Å²) in [6.07, 6.45) is 16.7. The van der Waals surface area contributed by atoms with Crippen molar-refractivity contribution in [2.24, 2.45) is 0 Å². The number of aryl methyl sites for hydroxylation is 2.